The first-order valence-electron chi connectivity index (χ1n) is 7.26. The molecule has 1 aromatic heterocycles. The van der Waals surface area contributed by atoms with Crippen molar-refractivity contribution < 1.29 is 4.79 Å². The van der Waals surface area contributed by atoms with Crippen LogP contribution in [0.25, 0.3) is 0 Å². The number of H-pyrrole nitrogens is 1. The Morgan fingerprint density at radius 2 is 2.00 bits per heavy atom. The molecule has 2 heteroatoms. The first kappa shape index (κ1) is 10.8. The van der Waals surface area contributed by atoms with E-state index in [-0.39, 0.29) is 5.41 Å². The predicted molar refractivity (Wildman–Crippen MR) is 70.3 cm³/mol. The minimum Gasteiger partial charge on any atom is -0.367 e. The van der Waals surface area contributed by atoms with Gasteiger partial charge in [0.2, 0.25) is 0 Å². The molecule has 0 amide bonds. The van der Waals surface area contributed by atoms with E-state index >= 15 is 0 Å². The van der Waals surface area contributed by atoms with Crippen molar-refractivity contribution in [1.82, 2.24) is 4.98 Å². The van der Waals surface area contributed by atoms with E-state index in [0.717, 1.165) is 36.7 Å². The van der Waals surface area contributed by atoms with Crippen LogP contribution in [0.15, 0.2) is 18.5 Å². The maximum Gasteiger partial charge on any atom is 0.170 e. The molecule has 5 rings (SSSR count). The van der Waals surface area contributed by atoms with Crippen molar-refractivity contribution in [2.45, 2.75) is 45.4 Å². The topological polar surface area (TPSA) is 32.9 Å². The van der Waals surface area contributed by atoms with Gasteiger partial charge in [0.15, 0.2) is 5.78 Å². The Morgan fingerprint density at radius 3 is 2.56 bits per heavy atom. The fraction of sp³-hybridized carbons (Fsp3) is 0.688. The lowest BCUT2D eigenvalue weighted by atomic mass is 9.43. The second kappa shape index (κ2) is 3.28. The summed E-state index contributed by atoms with van der Waals surface area (Å²) in [5.41, 5.74) is 1.34. The summed E-state index contributed by atoms with van der Waals surface area (Å²) < 4.78 is 0. The van der Waals surface area contributed by atoms with Crippen LogP contribution in [0.2, 0.25) is 0 Å². The van der Waals surface area contributed by atoms with Crippen molar-refractivity contribution in [3.05, 3.63) is 24.0 Å². The zero-order chi connectivity index (χ0) is 12.4. The number of hydrogen-bond donors (Lipinski definition) is 1. The molecule has 18 heavy (non-hydrogen) atoms. The molecule has 1 N–H and O–H groups in total. The zero-order valence-electron chi connectivity index (χ0n) is 11.0. The van der Waals surface area contributed by atoms with Gasteiger partial charge in [0.05, 0.1) is 0 Å². The monoisotopic (exact) mass is 243 g/mol. The van der Waals surface area contributed by atoms with Gasteiger partial charge in [0.1, 0.15) is 0 Å². The lowest BCUT2D eigenvalue weighted by Crippen LogP contribution is -2.53. The summed E-state index contributed by atoms with van der Waals surface area (Å²) >= 11 is 0. The number of carbonyl (C=O) groups excluding carboxylic acids is 1. The highest BCUT2D eigenvalue weighted by atomic mass is 16.1. The standard InChI is InChI=1S/C16H21NO/c1-15-5-11-4-12(6-15)8-16(7-11,10-15)14(18)13-2-3-17-9-13/h2-3,9,11-12,17H,4-8,10H2,1H3. The predicted octanol–water partition coefficient (Wildman–Crippen LogP) is 3.80. The minimum atomic E-state index is -0.0129. The summed E-state index contributed by atoms with van der Waals surface area (Å²) in [6.45, 7) is 2.42. The molecule has 4 saturated carbocycles. The number of hydrogen-bond acceptors (Lipinski definition) is 1. The average Bonchev–Trinajstić information content (AvgIpc) is 2.77. The molecule has 4 aliphatic carbocycles. The molecule has 0 saturated heterocycles. The van der Waals surface area contributed by atoms with Gasteiger partial charge in [-0.1, -0.05) is 6.92 Å². The van der Waals surface area contributed by atoms with Gasteiger partial charge in [-0.2, -0.15) is 0 Å². The molecular weight excluding hydrogens is 222 g/mol. The third kappa shape index (κ3) is 1.38. The van der Waals surface area contributed by atoms with E-state index in [1.807, 2.05) is 18.5 Å². The van der Waals surface area contributed by atoms with Gasteiger partial charge in [-0.3, -0.25) is 4.79 Å². The summed E-state index contributed by atoms with van der Waals surface area (Å²) in [5, 5.41) is 0. The average molecular weight is 243 g/mol. The maximum atomic E-state index is 12.9. The van der Waals surface area contributed by atoms with Crippen molar-refractivity contribution in [2.75, 3.05) is 0 Å². The largest absolute Gasteiger partial charge is 0.367 e. The molecule has 96 valence electrons. The molecule has 1 aromatic rings. The Hall–Kier alpha value is -1.05. The molecule has 4 aliphatic rings. The summed E-state index contributed by atoms with van der Waals surface area (Å²) in [4.78, 5) is 15.9. The fourth-order valence-corrected chi connectivity index (χ4v) is 5.76. The van der Waals surface area contributed by atoms with Gasteiger partial charge in [0.25, 0.3) is 0 Å². The van der Waals surface area contributed by atoms with E-state index in [1.165, 1.54) is 19.3 Å². The Kier molecular flexibility index (Phi) is 1.98. The van der Waals surface area contributed by atoms with Gasteiger partial charge < -0.3 is 4.98 Å². The van der Waals surface area contributed by atoms with Gasteiger partial charge in [-0.15, -0.1) is 0 Å². The molecule has 0 radical (unpaired) electrons. The van der Waals surface area contributed by atoms with Crippen LogP contribution in [0.4, 0.5) is 0 Å². The second-order valence-corrected chi connectivity index (χ2v) is 7.48. The summed E-state index contributed by atoms with van der Waals surface area (Å²) in [6, 6.07) is 1.95. The van der Waals surface area contributed by atoms with Crippen molar-refractivity contribution in [3.63, 3.8) is 0 Å². The number of Topliss-reactive ketones (excluding diaryl/α,β-unsaturated/α-hetero) is 1. The first-order chi connectivity index (χ1) is 8.59. The van der Waals surface area contributed by atoms with Gasteiger partial charge in [-0.25, -0.2) is 0 Å². The fourth-order valence-electron chi connectivity index (χ4n) is 5.76. The molecule has 0 aromatic carbocycles. The van der Waals surface area contributed by atoms with E-state index in [1.54, 1.807) is 0 Å². The smallest absolute Gasteiger partial charge is 0.170 e. The molecular formula is C16H21NO. The number of nitrogens with one attached hydrogen (secondary N) is 1. The Morgan fingerprint density at radius 1 is 1.28 bits per heavy atom. The van der Waals surface area contributed by atoms with Crippen LogP contribution in [0.3, 0.4) is 0 Å². The molecule has 4 bridgehead atoms. The van der Waals surface area contributed by atoms with Crippen molar-refractivity contribution >= 4 is 5.78 Å². The van der Waals surface area contributed by atoms with Crippen molar-refractivity contribution in [3.8, 4) is 0 Å². The van der Waals surface area contributed by atoms with Gasteiger partial charge in [0, 0.05) is 23.4 Å². The number of aromatic amines is 1. The van der Waals surface area contributed by atoms with Crippen LogP contribution >= 0.6 is 0 Å². The van der Waals surface area contributed by atoms with Crippen LogP contribution < -0.4 is 0 Å². The van der Waals surface area contributed by atoms with E-state index in [2.05, 4.69) is 11.9 Å². The molecule has 1 heterocycles. The SMILES string of the molecule is CC12CC3CC(C1)CC(C(=O)c1cc[nH]c1)(C3)C2. The van der Waals surface area contributed by atoms with Gasteiger partial charge >= 0.3 is 0 Å². The summed E-state index contributed by atoms with van der Waals surface area (Å²) in [7, 11) is 0. The molecule has 2 nitrogen and oxygen atoms in total. The van der Waals surface area contributed by atoms with Crippen LogP contribution in [0.1, 0.15) is 55.8 Å². The Balaban J connectivity index is 1.73. The van der Waals surface area contributed by atoms with E-state index < -0.39 is 0 Å². The quantitative estimate of drug-likeness (QED) is 0.787. The highest BCUT2D eigenvalue weighted by Crippen LogP contribution is 2.65. The maximum absolute atomic E-state index is 12.9. The number of carbonyl (C=O) groups is 1. The van der Waals surface area contributed by atoms with Gasteiger partial charge in [-0.05, 0) is 61.8 Å². The second-order valence-electron chi connectivity index (χ2n) is 7.48. The lowest BCUT2D eigenvalue weighted by Gasteiger charge is -2.60. The molecule has 4 fully saturated rings. The Bertz CT molecular complexity index is 473. The van der Waals surface area contributed by atoms with Crippen molar-refractivity contribution in [1.29, 1.82) is 0 Å². The van der Waals surface area contributed by atoms with E-state index in [9.17, 15) is 4.79 Å². The highest BCUT2D eigenvalue weighted by molar-refractivity contribution is 6.00. The normalized spacial score (nSPS) is 45.4. The number of aromatic nitrogens is 1. The number of rotatable bonds is 2. The van der Waals surface area contributed by atoms with Crippen LogP contribution in [0, 0.1) is 22.7 Å². The third-order valence-electron chi connectivity index (χ3n) is 5.70. The highest BCUT2D eigenvalue weighted by Gasteiger charge is 2.58. The molecule has 2 unspecified atom stereocenters. The summed E-state index contributed by atoms with van der Waals surface area (Å²) in [6.07, 6.45) is 11.3. The third-order valence-corrected chi connectivity index (χ3v) is 5.70. The minimum absolute atomic E-state index is 0.0129. The first-order valence-corrected chi connectivity index (χ1v) is 7.26. The van der Waals surface area contributed by atoms with E-state index in [0.29, 0.717) is 11.2 Å². The molecule has 0 spiro atoms. The zero-order valence-corrected chi connectivity index (χ0v) is 11.0. The molecule has 2 atom stereocenters. The lowest BCUT2D eigenvalue weighted by molar-refractivity contribution is -0.0820. The van der Waals surface area contributed by atoms with E-state index in [4.69, 9.17) is 0 Å². The Labute approximate surface area is 108 Å². The van der Waals surface area contributed by atoms with Crippen LogP contribution in [-0.2, 0) is 0 Å². The van der Waals surface area contributed by atoms with Crippen LogP contribution in [-0.4, -0.2) is 10.8 Å². The summed E-state index contributed by atoms with van der Waals surface area (Å²) in [5.74, 6) is 2.06. The molecule has 0 aliphatic heterocycles. The van der Waals surface area contributed by atoms with Crippen LogP contribution in [0.5, 0.6) is 0 Å². The number of ketones is 1. The van der Waals surface area contributed by atoms with Crippen molar-refractivity contribution in [2.24, 2.45) is 22.7 Å².